The maximum Gasteiger partial charge on any atom is 0.435 e. The normalized spacial score (nSPS) is 13.0. The van der Waals surface area contributed by atoms with E-state index in [-0.39, 0.29) is 11.7 Å². The lowest BCUT2D eigenvalue weighted by atomic mass is 10.3. The Morgan fingerprint density at radius 3 is 2.33 bits per heavy atom. The highest BCUT2D eigenvalue weighted by Gasteiger charge is 2.32. The Morgan fingerprint density at radius 1 is 1.33 bits per heavy atom. The molecular weight excluding hydrogens is 249 g/mol. The Labute approximate surface area is 102 Å². The third kappa shape index (κ3) is 3.57. The number of anilines is 1. The lowest BCUT2D eigenvalue weighted by Gasteiger charge is -2.18. The molecule has 18 heavy (non-hydrogen) atoms. The van der Waals surface area contributed by atoms with E-state index in [1.807, 2.05) is 0 Å². The van der Waals surface area contributed by atoms with Crippen molar-refractivity contribution in [1.82, 2.24) is 15.1 Å². The van der Waals surface area contributed by atoms with Crippen LogP contribution in [0.5, 0.6) is 0 Å². The Morgan fingerprint density at radius 2 is 1.94 bits per heavy atom. The van der Waals surface area contributed by atoms with Crippen LogP contribution in [0.2, 0.25) is 0 Å². The number of carbonyl (C=O) groups is 1. The maximum atomic E-state index is 12.2. The van der Waals surface area contributed by atoms with Gasteiger partial charge in [-0.15, -0.1) is 10.2 Å². The van der Waals surface area contributed by atoms with Crippen LogP contribution in [0.1, 0.15) is 12.6 Å². The Bertz CT molecular complexity index is 416. The Kier molecular flexibility index (Phi) is 4.10. The van der Waals surface area contributed by atoms with Crippen molar-refractivity contribution >= 4 is 11.7 Å². The van der Waals surface area contributed by atoms with Crippen molar-refractivity contribution in [2.75, 3.05) is 19.4 Å². The van der Waals surface area contributed by atoms with Gasteiger partial charge in [0, 0.05) is 14.1 Å². The molecule has 0 aliphatic carbocycles. The van der Waals surface area contributed by atoms with Crippen LogP contribution in [0.25, 0.3) is 0 Å². The monoisotopic (exact) mass is 262 g/mol. The average molecular weight is 262 g/mol. The van der Waals surface area contributed by atoms with Crippen LogP contribution in [-0.4, -0.2) is 41.1 Å². The second kappa shape index (κ2) is 5.19. The van der Waals surface area contributed by atoms with E-state index < -0.39 is 17.9 Å². The van der Waals surface area contributed by atoms with E-state index in [1.165, 1.54) is 4.90 Å². The number of hydrogen-bond donors (Lipinski definition) is 1. The summed E-state index contributed by atoms with van der Waals surface area (Å²) in [6, 6.07) is 1.35. The maximum absolute atomic E-state index is 12.2. The van der Waals surface area contributed by atoms with E-state index in [9.17, 15) is 18.0 Å². The van der Waals surface area contributed by atoms with Crippen LogP contribution in [0.3, 0.4) is 0 Å². The number of hydrogen-bond acceptors (Lipinski definition) is 4. The molecule has 1 aromatic heterocycles. The molecule has 0 aliphatic heterocycles. The van der Waals surface area contributed by atoms with Crippen molar-refractivity contribution < 1.29 is 18.0 Å². The van der Waals surface area contributed by atoms with Crippen LogP contribution in [0.4, 0.5) is 19.0 Å². The zero-order valence-corrected chi connectivity index (χ0v) is 10.1. The zero-order valence-electron chi connectivity index (χ0n) is 10.1. The van der Waals surface area contributed by atoms with Gasteiger partial charge in [-0.1, -0.05) is 0 Å². The quantitative estimate of drug-likeness (QED) is 0.894. The van der Waals surface area contributed by atoms with Crippen molar-refractivity contribution in [1.29, 1.82) is 0 Å². The first-order valence-electron chi connectivity index (χ1n) is 5.10. The number of alkyl halides is 3. The summed E-state index contributed by atoms with van der Waals surface area (Å²) in [6.45, 7) is 1.59. The van der Waals surface area contributed by atoms with E-state index in [0.29, 0.717) is 0 Å². The number of aromatic nitrogens is 2. The van der Waals surface area contributed by atoms with Crippen LogP contribution in [-0.2, 0) is 11.0 Å². The van der Waals surface area contributed by atoms with Gasteiger partial charge in [0.1, 0.15) is 11.9 Å². The van der Waals surface area contributed by atoms with Crippen molar-refractivity contribution in [2.24, 2.45) is 0 Å². The molecule has 0 radical (unpaired) electrons. The SMILES string of the molecule is CC(Nc1ccc(C(F)(F)F)nn1)C(=O)N(C)C. The molecule has 0 bridgehead atoms. The van der Waals surface area contributed by atoms with Gasteiger partial charge in [0.15, 0.2) is 5.69 Å². The number of likely N-dealkylation sites (N-methyl/N-ethyl adjacent to an activating group) is 1. The van der Waals surface area contributed by atoms with Gasteiger partial charge < -0.3 is 10.2 Å². The fourth-order valence-corrected chi connectivity index (χ4v) is 1.23. The molecule has 0 fully saturated rings. The molecule has 0 aliphatic rings. The highest BCUT2D eigenvalue weighted by molar-refractivity contribution is 5.83. The minimum atomic E-state index is -4.52. The summed E-state index contributed by atoms with van der Waals surface area (Å²) >= 11 is 0. The number of nitrogens with zero attached hydrogens (tertiary/aromatic N) is 3. The highest BCUT2D eigenvalue weighted by Crippen LogP contribution is 2.27. The summed E-state index contributed by atoms with van der Waals surface area (Å²) in [5, 5.41) is 9.09. The average Bonchev–Trinajstić information content (AvgIpc) is 2.27. The minimum absolute atomic E-state index is 0.116. The Hall–Kier alpha value is -1.86. The molecule has 100 valence electrons. The number of amides is 1. The first-order chi connectivity index (χ1) is 8.21. The van der Waals surface area contributed by atoms with Gasteiger partial charge in [-0.25, -0.2) is 0 Å². The van der Waals surface area contributed by atoms with Gasteiger partial charge in [0.2, 0.25) is 5.91 Å². The van der Waals surface area contributed by atoms with Crippen LogP contribution in [0, 0.1) is 0 Å². The van der Waals surface area contributed by atoms with Crippen LogP contribution in [0.15, 0.2) is 12.1 Å². The van der Waals surface area contributed by atoms with Gasteiger partial charge in [0.05, 0.1) is 0 Å². The molecule has 0 spiro atoms. The summed E-state index contributed by atoms with van der Waals surface area (Å²) in [4.78, 5) is 12.9. The molecule has 5 nitrogen and oxygen atoms in total. The van der Waals surface area contributed by atoms with Gasteiger partial charge in [-0.05, 0) is 19.1 Å². The second-order valence-corrected chi connectivity index (χ2v) is 3.90. The molecule has 1 aromatic rings. The van der Waals surface area contributed by atoms with Crippen LogP contribution >= 0.6 is 0 Å². The molecule has 1 atom stereocenters. The van der Waals surface area contributed by atoms with Crippen molar-refractivity contribution in [2.45, 2.75) is 19.1 Å². The summed E-state index contributed by atoms with van der Waals surface area (Å²) in [5.41, 5.74) is -1.07. The van der Waals surface area contributed by atoms with E-state index in [0.717, 1.165) is 12.1 Å². The summed E-state index contributed by atoms with van der Waals surface area (Å²) in [5.74, 6) is -0.0950. The van der Waals surface area contributed by atoms with Gasteiger partial charge >= 0.3 is 6.18 Å². The molecule has 8 heteroatoms. The molecule has 0 aromatic carbocycles. The molecule has 0 saturated heterocycles. The summed E-state index contributed by atoms with van der Waals surface area (Å²) in [6.07, 6.45) is -4.52. The van der Waals surface area contributed by atoms with Crippen molar-refractivity contribution in [3.05, 3.63) is 17.8 Å². The number of nitrogens with one attached hydrogen (secondary N) is 1. The second-order valence-electron chi connectivity index (χ2n) is 3.90. The largest absolute Gasteiger partial charge is 0.435 e. The predicted octanol–water partition coefficient (Wildman–Crippen LogP) is 1.38. The topological polar surface area (TPSA) is 58.1 Å². The van der Waals surface area contributed by atoms with Gasteiger partial charge in [-0.2, -0.15) is 13.2 Å². The fraction of sp³-hybridized carbons (Fsp3) is 0.500. The predicted molar refractivity (Wildman–Crippen MR) is 58.8 cm³/mol. The standard InChI is InChI=1S/C10H13F3N4O/c1-6(9(18)17(2)3)14-8-5-4-7(15-16-8)10(11,12)13/h4-6H,1-3H3,(H,14,16). The summed E-state index contributed by atoms with van der Waals surface area (Å²) < 4.78 is 36.7. The number of rotatable bonds is 3. The number of carbonyl (C=O) groups excluding carboxylic acids is 1. The molecule has 1 N–H and O–H groups in total. The molecule has 1 rings (SSSR count). The fourth-order valence-electron chi connectivity index (χ4n) is 1.23. The van der Waals surface area contributed by atoms with E-state index >= 15 is 0 Å². The van der Waals surface area contributed by atoms with Gasteiger partial charge in [0.25, 0.3) is 0 Å². The summed E-state index contributed by atoms with van der Waals surface area (Å²) in [7, 11) is 3.16. The minimum Gasteiger partial charge on any atom is -0.357 e. The molecule has 1 unspecified atom stereocenters. The molecule has 1 heterocycles. The molecular formula is C10H13F3N4O. The highest BCUT2D eigenvalue weighted by atomic mass is 19.4. The van der Waals surface area contributed by atoms with Crippen molar-refractivity contribution in [3.8, 4) is 0 Å². The number of halogens is 3. The molecule has 1 amide bonds. The third-order valence-corrected chi connectivity index (χ3v) is 2.13. The first kappa shape index (κ1) is 14.2. The van der Waals surface area contributed by atoms with Crippen molar-refractivity contribution in [3.63, 3.8) is 0 Å². The van der Waals surface area contributed by atoms with Gasteiger partial charge in [-0.3, -0.25) is 4.79 Å². The third-order valence-electron chi connectivity index (χ3n) is 2.13. The Balaban J connectivity index is 2.73. The van der Waals surface area contributed by atoms with E-state index in [2.05, 4.69) is 15.5 Å². The molecule has 0 saturated carbocycles. The van der Waals surface area contributed by atoms with E-state index in [1.54, 1.807) is 21.0 Å². The zero-order chi connectivity index (χ0) is 13.9. The first-order valence-corrected chi connectivity index (χ1v) is 5.10. The lowest BCUT2D eigenvalue weighted by molar-refractivity contribution is -0.141. The van der Waals surface area contributed by atoms with E-state index in [4.69, 9.17) is 0 Å². The lowest BCUT2D eigenvalue weighted by Crippen LogP contribution is -2.36. The smallest absolute Gasteiger partial charge is 0.357 e. The van der Waals surface area contributed by atoms with Crippen LogP contribution < -0.4 is 5.32 Å².